The van der Waals surface area contributed by atoms with E-state index in [-0.39, 0.29) is 0 Å². The monoisotopic (exact) mass is 227 g/mol. The molecule has 1 saturated carbocycles. The molecule has 1 aliphatic carbocycles. The van der Waals surface area contributed by atoms with E-state index in [0.29, 0.717) is 23.5 Å². The van der Waals surface area contributed by atoms with Gasteiger partial charge in [-0.3, -0.25) is 0 Å². The van der Waals surface area contributed by atoms with E-state index in [0.717, 1.165) is 12.3 Å². The van der Waals surface area contributed by atoms with Crippen molar-refractivity contribution in [3.63, 3.8) is 0 Å². The Labute approximate surface area is 101 Å². The van der Waals surface area contributed by atoms with Gasteiger partial charge in [-0.05, 0) is 49.9 Å². The molecule has 0 radical (unpaired) electrons. The summed E-state index contributed by atoms with van der Waals surface area (Å²) in [6.45, 7) is 9.20. The standard InChI is InChI=1S/C14H29NO/c1-10(16-5)8-11-9-12(14(2,3)4)6-7-13(11)15/h10-13H,6-9,15H2,1-5H3. The Morgan fingerprint density at radius 3 is 2.44 bits per heavy atom. The Kier molecular flexibility index (Phi) is 4.81. The fourth-order valence-corrected chi connectivity index (χ4v) is 2.87. The van der Waals surface area contributed by atoms with Gasteiger partial charge in [-0.15, -0.1) is 0 Å². The Morgan fingerprint density at radius 2 is 1.94 bits per heavy atom. The predicted octanol–water partition coefficient (Wildman–Crippen LogP) is 3.20. The molecule has 2 heteroatoms. The first-order valence-corrected chi connectivity index (χ1v) is 6.63. The van der Waals surface area contributed by atoms with E-state index in [9.17, 15) is 0 Å². The number of hydrogen-bond donors (Lipinski definition) is 1. The van der Waals surface area contributed by atoms with Crippen molar-refractivity contribution < 1.29 is 4.74 Å². The highest BCUT2D eigenvalue weighted by atomic mass is 16.5. The van der Waals surface area contributed by atoms with E-state index in [4.69, 9.17) is 10.5 Å². The van der Waals surface area contributed by atoms with Crippen molar-refractivity contribution in [1.29, 1.82) is 0 Å². The third-order valence-electron chi connectivity index (χ3n) is 4.30. The molecule has 2 N–H and O–H groups in total. The van der Waals surface area contributed by atoms with E-state index >= 15 is 0 Å². The molecule has 0 aliphatic heterocycles. The summed E-state index contributed by atoms with van der Waals surface area (Å²) in [5.41, 5.74) is 6.66. The summed E-state index contributed by atoms with van der Waals surface area (Å²) in [6, 6.07) is 0.385. The number of rotatable bonds is 3. The summed E-state index contributed by atoms with van der Waals surface area (Å²) >= 11 is 0. The maximum absolute atomic E-state index is 6.23. The fourth-order valence-electron chi connectivity index (χ4n) is 2.87. The first-order valence-electron chi connectivity index (χ1n) is 6.63. The molecule has 4 unspecified atom stereocenters. The number of hydrogen-bond acceptors (Lipinski definition) is 2. The largest absolute Gasteiger partial charge is 0.382 e. The summed E-state index contributed by atoms with van der Waals surface area (Å²) in [7, 11) is 1.79. The van der Waals surface area contributed by atoms with Crippen molar-refractivity contribution in [2.24, 2.45) is 23.0 Å². The van der Waals surface area contributed by atoms with Gasteiger partial charge in [0.1, 0.15) is 0 Å². The van der Waals surface area contributed by atoms with Crippen LogP contribution in [0.4, 0.5) is 0 Å². The Balaban J connectivity index is 2.55. The molecule has 0 heterocycles. The van der Waals surface area contributed by atoms with Gasteiger partial charge >= 0.3 is 0 Å². The normalized spacial score (nSPS) is 33.8. The minimum absolute atomic E-state index is 0.342. The van der Waals surface area contributed by atoms with Crippen molar-refractivity contribution in [1.82, 2.24) is 0 Å². The van der Waals surface area contributed by atoms with Crippen molar-refractivity contribution in [2.45, 2.75) is 65.5 Å². The molecule has 0 amide bonds. The minimum Gasteiger partial charge on any atom is -0.382 e. The Bertz CT molecular complexity index is 209. The highest BCUT2D eigenvalue weighted by Crippen LogP contribution is 2.41. The number of nitrogens with two attached hydrogens (primary N) is 1. The van der Waals surface area contributed by atoms with Gasteiger partial charge in [0.25, 0.3) is 0 Å². The third-order valence-corrected chi connectivity index (χ3v) is 4.30. The molecule has 0 spiro atoms. The van der Waals surface area contributed by atoms with Gasteiger partial charge in [0, 0.05) is 13.2 Å². The molecular formula is C14H29NO. The summed E-state index contributed by atoms with van der Waals surface area (Å²) in [6.07, 6.45) is 5.21. The molecule has 1 rings (SSSR count). The van der Waals surface area contributed by atoms with Crippen LogP contribution in [-0.4, -0.2) is 19.3 Å². The smallest absolute Gasteiger partial charge is 0.0546 e. The van der Waals surface area contributed by atoms with Gasteiger partial charge in [0.2, 0.25) is 0 Å². The zero-order chi connectivity index (χ0) is 12.3. The SMILES string of the molecule is COC(C)CC1CC(C(C)(C)C)CCC1N. The highest BCUT2D eigenvalue weighted by molar-refractivity contribution is 4.88. The van der Waals surface area contributed by atoms with E-state index in [1.165, 1.54) is 19.3 Å². The zero-order valence-corrected chi connectivity index (χ0v) is 11.6. The second-order valence-electron chi connectivity index (χ2n) is 6.58. The summed E-state index contributed by atoms with van der Waals surface area (Å²) in [5, 5.41) is 0. The average molecular weight is 227 g/mol. The van der Waals surface area contributed by atoms with Crippen LogP contribution >= 0.6 is 0 Å². The van der Waals surface area contributed by atoms with Crippen LogP contribution in [-0.2, 0) is 4.74 Å². The van der Waals surface area contributed by atoms with Crippen LogP contribution in [0, 0.1) is 17.3 Å². The van der Waals surface area contributed by atoms with Gasteiger partial charge in [-0.25, -0.2) is 0 Å². The maximum atomic E-state index is 6.23. The average Bonchev–Trinajstić information content (AvgIpc) is 2.19. The predicted molar refractivity (Wildman–Crippen MR) is 69.3 cm³/mol. The van der Waals surface area contributed by atoms with Gasteiger partial charge in [-0.1, -0.05) is 20.8 Å². The number of methoxy groups -OCH3 is 1. The second kappa shape index (κ2) is 5.50. The zero-order valence-electron chi connectivity index (χ0n) is 11.6. The lowest BCUT2D eigenvalue weighted by Crippen LogP contribution is -2.40. The summed E-state index contributed by atoms with van der Waals surface area (Å²) < 4.78 is 5.37. The fraction of sp³-hybridized carbons (Fsp3) is 1.00. The van der Waals surface area contributed by atoms with Crippen molar-refractivity contribution >= 4 is 0 Å². The van der Waals surface area contributed by atoms with Gasteiger partial charge in [0.15, 0.2) is 0 Å². The topological polar surface area (TPSA) is 35.2 Å². The Morgan fingerprint density at radius 1 is 1.31 bits per heavy atom. The van der Waals surface area contributed by atoms with Crippen LogP contribution in [0.1, 0.15) is 53.4 Å². The molecule has 2 nitrogen and oxygen atoms in total. The van der Waals surface area contributed by atoms with Crippen LogP contribution in [0.15, 0.2) is 0 Å². The summed E-state index contributed by atoms with van der Waals surface area (Å²) in [4.78, 5) is 0. The quantitative estimate of drug-likeness (QED) is 0.803. The molecule has 1 aliphatic rings. The highest BCUT2D eigenvalue weighted by Gasteiger charge is 2.34. The molecule has 0 aromatic heterocycles. The molecule has 16 heavy (non-hydrogen) atoms. The van der Waals surface area contributed by atoms with Crippen LogP contribution in [0.25, 0.3) is 0 Å². The van der Waals surface area contributed by atoms with Gasteiger partial charge in [0.05, 0.1) is 6.10 Å². The lowest BCUT2D eigenvalue weighted by Gasteiger charge is -2.41. The first-order chi connectivity index (χ1) is 7.34. The molecule has 0 aromatic carbocycles. The van der Waals surface area contributed by atoms with Crippen LogP contribution < -0.4 is 5.73 Å². The van der Waals surface area contributed by atoms with E-state index < -0.39 is 0 Å². The van der Waals surface area contributed by atoms with E-state index in [1.807, 2.05) is 0 Å². The van der Waals surface area contributed by atoms with Crippen molar-refractivity contribution in [2.75, 3.05) is 7.11 Å². The second-order valence-corrected chi connectivity index (χ2v) is 6.58. The van der Waals surface area contributed by atoms with Crippen LogP contribution in [0.2, 0.25) is 0 Å². The van der Waals surface area contributed by atoms with Crippen molar-refractivity contribution in [3.8, 4) is 0 Å². The lowest BCUT2D eigenvalue weighted by molar-refractivity contribution is 0.0588. The molecular weight excluding hydrogens is 198 g/mol. The third kappa shape index (κ3) is 3.74. The van der Waals surface area contributed by atoms with Crippen molar-refractivity contribution in [3.05, 3.63) is 0 Å². The first kappa shape index (κ1) is 14.0. The lowest BCUT2D eigenvalue weighted by atomic mass is 9.66. The van der Waals surface area contributed by atoms with Crippen LogP contribution in [0.5, 0.6) is 0 Å². The van der Waals surface area contributed by atoms with Gasteiger partial charge < -0.3 is 10.5 Å². The van der Waals surface area contributed by atoms with Gasteiger partial charge in [-0.2, -0.15) is 0 Å². The summed E-state index contributed by atoms with van der Waals surface area (Å²) in [5.74, 6) is 1.47. The molecule has 96 valence electrons. The minimum atomic E-state index is 0.342. The molecule has 4 atom stereocenters. The maximum Gasteiger partial charge on any atom is 0.0546 e. The molecule has 0 bridgehead atoms. The molecule has 0 saturated heterocycles. The Hall–Kier alpha value is -0.0800. The van der Waals surface area contributed by atoms with E-state index in [1.54, 1.807) is 7.11 Å². The van der Waals surface area contributed by atoms with E-state index in [2.05, 4.69) is 27.7 Å². The van der Waals surface area contributed by atoms with Crippen LogP contribution in [0.3, 0.4) is 0 Å². The molecule has 0 aromatic rings. The molecule has 1 fully saturated rings. The number of ether oxygens (including phenoxy) is 1.